The van der Waals surface area contributed by atoms with Crippen LogP contribution in [0.4, 0.5) is 4.39 Å². The van der Waals surface area contributed by atoms with Crippen molar-refractivity contribution in [2.75, 3.05) is 0 Å². The maximum Gasteiger partial charge on any atom is 0.251 e. The number of rotatable bonds is 4. The summed E-state index contributed by atoms with van der Waals surface area (Å²) in [6.07, 6.45) is 8.93. The van der Waals surface area contributed by atoms with E-state index >= 15 is 0 Å². The van der Waals surface area contributed by atoms with Gasteiger partial charge < -0.3 is 4.98 Å². The molecule has 0 bridgehead atoms. The normalized spacial score (nSPS) is 12.2. The van der Waals surface area contributed by atoms with E-state index in [9.17, 15) is 9.18 Å². The van der Waals surface area contributed by atoms with Crippen LogP contribution in [0, 0.1) is 5.82 Å². The fourth-order valence-corrected chi connectivity index (χ4v) is 2.57. The van der Waals surface area contributed by atoms with Crippen molar-refractivity contribution in [3.63, 3.8) is 0 Å². The molecule has 1 aromatic carbocycles. The van der Waals surface area contributed by atoms with E-state index < -0.39 is 0 Å². The van der Waals surface area contributed by atoms with E-state index in [0.29, 0.717) is 11.3 Å². The van der Waals surface area contributed by atoms with Crippen molar-refractivity contribution in [2.45, 2.75) is 6.92 Å². The zero-order chi connectivity index (χ0) is 17.1. The first-order valence-corrected chi connectivity index (χ1v) is 7.47. The van der Waals surface area contributed by atoms with E-state index in [1.54, 1.807) is 28.9 Å². The van der Waals surface area contributed by atoms with Gasteiger partial charge in [-0.15, -0.1) is 0 Å². The van der Waals surface area contributed by atoms with Gasteiger partial charge in [-0.2, -0.15) is 5.10 Å². The first kappa shape index (κ1) is 15.7. The Kier molecular flexibility index (Phi) is 4.24. The molecular weight excluding hydrogens is 305 g/mol. The number of fused-ring (bicyclic) bond motifs is 1. The number of allylic oxidation sites excluding steroid dienone is 5. The number of H-pyrrole nitrogens is 1. The topological polar surface area (TPSA) is 50.2 Å². The van der Waals surface area contributed by atoms with Crippen molar-refractivity contribution < 1.29 is 5.82 Å². The quantitative estimate of drug-likeness (QED) is 0.731. The number of aromatic amines is 1. The molecule has 0 saturated carbocycles. The molecule has 3 aromatic rings. The van der Waals surface area contributed by atoms with Gasteiger partial charge >= 0.3 is 0 Å². The molecule has 0 aliphatic rings. The summed E-state index contributed by atoms with van der Waals surface area (Å²) in [6.45, 7) is 5.65. The van der Waals surface area contributed by atoms with Crippen LogP contribution in [0.2, 0.25) is 0 Å². The van der Waals surface area contributed by atoms with Gasteiger partial charge in [0, 0.05) is 19.3 Å². The summed E-state index contributed by atoms with van der Waals surface area (Å²) in [5, 5.41) is 4.55. The summed E-state index contributed by atoms with van der Waals surface area (Å²) in [5.41, 5.74) is 3.39. The average Bonchev–Trinajstić information content (AvgIpc) is 2.93. The smallest absolute Gasteiger partial charge is 0.251 e. The van der Waals surface area contributed by atoms with E-state index in [1.165, 1.54) is 18.2 Å². The molecule has 2 heterocycles. The number of hydrogen-bond donors (Lipinski definition) is 1. The molecule has 0 aliphatic carbocycles. The van der Waals surface area contributed by atoms with Crippen molar-refractivity contribution in [1.29, 1.82) is 0 Å². The van der Waals surface area contributed by atoms with Gasteiger partial charge in [0.25, 0.3) is 5.56 Å². The number of halogens is 1. The Morgan fingerprint density at radius 3 is 2.75 bits per heavy atom. The molecule has 0 fully saturated rings. The number of nitrogens with one attached hydrogen (secondary N) is 1. The van der Waals surface area contributed by atoms with Crippen LogP contribution >= 0.6 is 0 Å². The van der Waals surface area contributed by atoms with Gasteiger partial charge in [-0.1, -0.05) is 30.9 Å². The van der Waals surface area contributed by atoms with Crippen LogP contribution in [-0.2, 0) is 0 Å². The standard InChI is InChI=1S/C19H16FN3O.H2/c1-3-5-13(6-4-2)17-18(14-7-9-15(20)10-8-14)22-23-12-11-16(24)21-19(17)23;/h3-12H,1H2,2H3,(H,21,24);1H/b6-4-,13-5+;. The summed E-state index contributed by atoms with van der Waals surface area (Å²) in [7, 11) is 0. The minimum absolute atomic E-state index is 0. The molecule has 0 spiro atoms. The Morgan fingerprint density at radius 2 is 2.08 bits per heavy atom. The second kappa shape index (κ2) is 6.50. The predicted molar refractivity (Wildman–Crippen MR) is 96.3 cm³/mol. The number of benzene rings is 1. The molecule has 3 rings (SSSR count). The maximum absolute atomic E-state index is 13.3. The van der Waals surface area contributed by atoms with Crippen LogP contribution in [0.5, 0.6) is 0 Å². The minimum atomic E-state index is -0.312. The highest BCUT2D eigenvalue weighted by Crippen LogP contribution is 2.31. The van der Waals surface area contributed by atoms with E-state index in [-0.39, 0.29) is 12.8 Å². The third-order valence-electron chi connectivity index (χ3n) is 3.57. The van der Waals surface area contributed by atoms with E-state index in [1.807, 2.05) is 25.2 Å². The van der Waals surface area contributed by atoms with Gasteiger partial charge in [-0.05, 0) is 36.8 Å². The summed E-state index contributed by atoms with van der Waals surface area (Å²) >= 11 is 0. The highest BCUT2D eigenvalue weighted by atomic mass is 19.1. The molecule has 24 heavy (non-hydrogen) atoms. The molecule has 2 aromatic heterocycles. The maximum atomic E-state index is 13.3. The third kappa shape index (κ3) is 2.84. The molecule has 0 radical (unpaired) electrons. The van der Waals surface area contributed by atoms with Crippen molar-refractivity contribution >= 4 is 11.2 Å². The lowest BCUT2D eigenvalue weighted by atomic mass is 10.0. The van der Waals surface area contributed by atoms with Crippen molar-refractivity contribution in [3.05, 3.63) is 89.1 Å². The summed E-state index contributed by atoms with van der Waals surface area (Å²) in [6, 6.07) is 7.52. The molecular formula is C19H18FN3O. The van der Waals surface area contributed by atoms with Crippen LogP contribution < -0.4 is 5.56 Å². The highest BCUT2D eigenvalue weighted by molar-refractivity contribution is 5.91. The largest absolute Gasteiger partial charge is 0.306 e. The van der Waals surface area contributed by atoms with Gasteiger partial charge in [-0.3, -0.25) is 4.79 Å². The van der Waals surface area contributed by atoms with Crippen LogP contribution in [-0.4, -0.2) is 14.6 Å². The van der Waals surface area contributed by atoms with Crippen LogP contribution in [0.25, 0.3) is 22.5 Å². The van der Waals surface area contributed by atoms with Crippen molar-refractivity contribution in [1.82, 2.24) is 14.6 Å². The van der Waals surface area contributed by atoms with E-state index in [4.69, 9.17) is 0 Å². The second-order valence-electron chi connectivity index (χ2n) is 5.19. The lowest BCUT2D eigenvalue weighted by Crippen LogP contribution is -2.06. The fraction of sp³-hybridized carbons (Fsp3) is 0.0526. The average molecular weight is 323 g/mol. The van der Waals surface area contributed by atoms with Crippen LogP contribution in [0.3, 0.4) is 0 Å². The van der Waals surface area contributed by atoms with E-state index in [0.717, 1.165) is 16.7 Å². The van der Waals surface area contributed by atoms with Crippen molar-refractivity contribution in [3.8, 4) is 11.3 Å². The molecule has 5 heteroatoms. The Hall–Kier alpha value is -3.21. The Morgan fingerprint density at radius 1 is 1.33 bits per heavy atom. The third-order valence-corrected chi connectivity index (χ3v) is 3.57. The van der Waals surface area contributed by atoms with Crippen molar-refractivity contribution in [2.24, 2.45) is 0 Å². The lowest BCUT2D eigenvalue weighted by molar-refractivity contribution is 0.628. The zero-order valence-electron chi connectivity index (χ0n) is 13.2. The van der Waals surface area contributed by atoms with Crippen LogP contribution in [0.15, 0.2) is 72.2 Å². The molecule has 122 valence electrons. The van der Waals surface area contributed by atoms with Gasteiger partial charge in [0.05, 0.1) is 5.56 Å². The fourth-order valence-electron chi connectivity index (χ4n) is 2.57. The van der Waals surface area contributed by atoms with E-state index in [2.05, 4.69) is 16.7 Å². The first-order chi connectivity index (χ1) is 11.6. The number of aromatic nitrogens is 3. The summed E-state index contributed by atoms with van der Waals surface area (Å²) in [5.74, 6) is -0.312. The SMILES string of the molecule is C=C/C=C(\C=C/C)c1c(-c2ccc(F)cc2)nn2ccc(=O)[nH]c12.[HH]. The van der Waals surface area contributed by atoms with Gasteiger partial charge in [-0.25, -0.2) is 8.91 Å². The Labute approximate surface area is 139 Å². The summed E-state index contributed by atoms with van der Waals surface area (Å²) in [4.78, 5) is 14.6. The monoisotopic (exact) mass is 323 g/mol. The molecule has 0 amide bonds. The molecule has 0 saturated heterocycles. The second-order valence-corrected chi connectivity index (χ2v) is 5.19. The summed E-state index contributed by atoms with van der Waals surface area (Å²) < 4.78 is 14.9. The lowest BCUT2D eigenvalue weighted by Gasteiger charge is -2.04. The molecule has 0 unspecified atom stereocenters. The molecule has 4 nitrogen and oxygen atoms in total. The zero-order valence-corrected chi connectivity index (χ0v) is 13.2. The van der Waals surface area contributed by atoms with Gasteiger partial charge in [0.15, 0.2) is 0 Å². The minimum Gasteiger partial charge on any atom is -0.306 e. The number of hydrogen-bond acceptors (Lipinski definition) is 2. The first-order valence-electron chi connectivity index (χ1n) is 7.47. The molecule has 0 atom stereocenters. The Balaban J connectivity index is 0.00000225. The predicted octanol–water partition coefficient (Wildman–Crippen LogP) is 4.22. The number of nitrogens with zero attached hydrogens (tertiary/aromatic N) is 2. The van der Waals surface area contributed by atoms with Gasteiger partial charge in [0.1, 0.15) is 17.2 Å². The van der Waals surface area contributed by atoms with Gasteiger partial charge in [0.2, 0.25) is 0 Å². The Bertz CT molecular complexity index is 1010. The molecule has 0 aliphatic heterocycles. The van der Waals surface area contributed by atoms with Crippen LogP contribution in [0.1, 0.15) is 13.9 Å². The molecule has 1 N–H and O–H groups in total. The highest BCUT2D eigenvalue weighted by Gasteiger charge is 2.17.